The lowest BCUT2D eigenvalue weighted by Crippen LogP contribution is -2.20. The molecule has 3 aromatic rings. The third kappa shape index (κ3) is 5.92. The van der Waals surface area contributed by atoms with Gasteiger partial charge in [0.25, 0.3) is 5.91 Å². The highest BCUT2D eigenvalue weighted by Gasteiger charge is 2.27. The summed E-state index contributed by atoms with van der Waals surface area (Å²) in [6, 6.07) is 7.84. The summed E-state index contributed by atoms with van der Waals surface area (Å²) >= 11 is 2.80. The van der Waals surface area contributed by atoms with Gasteiger partial charge in [-0.1, -0.05) is 32.0 Å². The van der Waals surface area contributed by atoms with E-state index in [1.807, 2.05) is 35.8 Å². The molecule has 2 heterocycles. The fourth-order valence-electron chi connectivity index (χ4n) is 4.32. The number of carbonyl (C=O) groups is 2. The third-order valence-electron chi connectivity index (χ3n) is 6.26. The number of nitrogens with zero attached hydrogens (tertiary/aromatic N) is 3. The van der Waals surface area contributed by atoms with E-state index in [0.29, 0.717) is 34.8 Å². The number of rotatable bonds is 11. The molecule has 1 aliphatic carbocycles. The van der Waals surface area contributed by atoms with E-state index in [9.17, 15) is 9.59 Å². The number of ether oxygens (including phenoxy) is 1. The molecule has 0 spiro atoms. The number of fused-ring (bicyclic) bond motifs is 1. The van der Waals surface area contributed by atoms with Crippen LogP contribution >= 0.6 is 23.1 Å². The van der Waals surface area contributed by atoms with Crippen LogP contribution in [0.1, 0.15) is 60.8 Å². The van der Waals surface area contributed by atoms with Crippen molar-refractivity contribution >= 4 is 39.9 Å². The highest BCUT2D eigenvalue weighted by molar-refractivity contribution is 7.99. The van der Waals surface area contributed by atoms with Crippen LogP contribution in [0, 0.1) is 5.92 Å². The van der Waals surface area contributed by atoms with E-state index in [0.717, 1.165) is 59.7 Å². The van der Waals surface area contributed by atoms with Crippen LogP contribution in [0.5, 0.6) is 5.75 Å². The first-order valence-electron chi connectivity index (χ1n) is 12.4. The molecule has 1 aromatic carbocycles. The summed E-state index contributed by atoms with van der Waals surface area (Å²) in [5.41, 5.74) is 8.09. The normalized spacial score (nSPS) is 14.9. The number of anilines is 1. The molecule has 2 amide bonds. The van der Waals surface area contributed by atoms with E-state index in [2.05, 4.69) is 29.4 Å². The number of unbranched alkanes of at least 4 members (excludes halogenated alkanes) is 1. The summed E-state index contributed by atoms with van der Waals surface area (Å²) < 4.78 is 7.74. The maximum Gasteiger partial charge on any atom is 0.251 e. The Kier molecular flexibility index (Phi) is 8.68. The Morgan fingerprint density at radius 3 is 2.72 bits per heavy atom. The van der Waals surface area contributed by atoms with E-state index in [1.54, 1.807) is 0 Å². The molecule has 0 saturated carbocycles. The summed E-state index contributed by atoms with van der Waals surface area (Å²) in [6.45, 7) is 7.74. The molecule has 3 N–H and O–H groups in total. The number of nitrogens with one attached hydrogen (secondary N) is 1. The first-order chi connectivity index (χ1) is 17.4. The number of amides is 2. The van der Waals surface area contributed by atoms with E-state index >= 15 is 0 Å². The van der Waals surface area contributed by atoms with Crippen molar-refractivity contribution in [2.24, 2.45) is 11.7 Å². The Bertz CT molecular complexity index is 1220. The molecular formula is C26H33N5O3S2. The first kappa shape index (κ1) is 26.2. The predicted molar refractivity (Wildman–Crippen MR) is 145 cm³/mol. The average molecular weight is 528 g/mol. The van der Waals surface area contributed by atoms with Crippen LogP contribution < -0.4 is 15.8 Å². The second-order valence-electron chi connectivity index (χ2n) is 9.03. The number of thiophene rings is 1. The zero-order valence-corrected chi connectivity index (χ0v) is 22.6. The second-order valence-corrected chi connectivity index (χ2v) is 11.1. The minimum atomic E-state index is -0.484. The first-order valence-corrected chi connectivity index (χ1v) is 14.2. The van der Waals surface area contributed by atoms with Crippen LogP contribution in [-0.4, -0.2) is 38.9 Å². The van der Waals surface area contributed by atoms with Crippen molar-refractivity contribution < 1.29 is 14.3 Å². The fraction of sp³-hybridized carbons (Fsp3) is 0.462. The van der Waals surface area contributed by atoms with Crippen molar-refractivity contribution in [2.75, 3.05) is 17.7 Å². The molecule has 0 saturated heterocycles. The molecule has 4 rings (SSSR count). The number of carbonyl (C=O) groups excluding carboxylic acids is 2. The molecule has 10 heteroatoms. The molecule has 2 aromatic heterocycles. The van der Waals surface area contributed by atoms with E-state index in [4.69, 9.17) is 10.5 Å². The number of hydrogen-bond donors (Lipinski definition) is 2. The number of aromatic nitrogens is 3. The standard InChI is InChI=1S/C26H33N5O3S2/c1-4-6-13-34-18-10-8-17(9-11-18)24-29-30-26(31(24)5-2)35-15-21(32)28-25-22(23(27)33)19-12-7-16(3)14-20(19)36-25/h8-11,16H,4-7,12-15H2,1-3H3,(H2,27,33)(H,28,32). The monoisotopic (exact) mass is 527 g/mol. The molecule has 1 unspecified atom stereocenters. The van der Waals surface area contributed by atoms with Gasteiger partial charge in [0.1, 0.15) is 10.8 Å². The zero-order chi connectivity index (χ0) is 25.7. The summed E-state index contributed by atoms with van der Waals surface area (Å²) in [6.07, 6.45) is 4.88. The van der Waals surface area contributed by atoms with Crippen molar-refractivity contribution in [3.05, 3.63) is 40.3 Å². The van der Waals surface area contributed by atoms with Crippen molar-refractivity contribution in [1.29, 1.82) is 0 Å². The van der Waals surface area contributed by atoms with Gasteiger partial charge in [-0.25, -0.2) is 0 Å². The largest absolute Gasteiger partial charge is 0.494 e. The van der Waals surface area contributed by atoms with E-state index in [1.165, 1.54) is 23.1 Å². The molecule has 1 atom stereocenters. The van der Waals surface area contributed by atoms with Crippen LogP contribution in [-0.2, 0) is 24.2 Å². The van der Waals surface area contributed by atoms with Gasteiger partial charge in [-0.05, 0) is 68.4 Å². The quantitative estimate of drug-likeness (QED) is 0.263. The minimum Gasteiger partial charge on any atom is -0.494 e. The summed E-state index contributed by atoms with van der Waals surface area (Å²) in [4.78, 5) is 26.1. The van der Waals surface area contributed by atoms with Gasteiger partial charge in [0.15, 0.2) is 11.0 Å². The van der Waals surface area contributed by atoms with Crippen molar-refractivity contribution in [2.45, 2.75) is 64.6 Å². The van der Waals surface area contributed by atoms with Gasteiger partial charge in [-0.3, -0.25) is 9.59 Å². The maximum absolute atomic E-state index is 12.8. The van der Waals surface area contributed by atoms with Gasteiger partial charge in [-0.15, -0.1) is 21.5 Å². The smallest absolute Gasteiger partial charge is 0.251 e. The molecule has 0 bridgehead atoms. The number of benzene rings is 1. The van der Waals surface area contributed by atoms with Crippen LogP contribution in [0.2, 0.25) is 0 Å². The lowest BCUT2D eigenvalue weighted by molar-refractivity contribution is -0.113. The molecule has 0 fully saturated rings. The Labute approximate surface area is 220 Å². The van der Waals surface area contributed by atoms with Gasteiger partial charge < -0.3 is 20.4 Å². The summed E-state index contributed by atoms with van der Waals surface area (Å²) in [5.74, 6) is 1.62. The minimum absolute atomic E-state index is 0.152. The molecule has 0 aliphatic heterocycles. The Hall–Kier alpha value is -2.85. The number of hydrogen-bond acceptors (Lipinski definition) is 7. The van der Waals surface area contributed by atoms with E-state index in [-0.39, 0.29) is 11.7 Å². The van der Waals surface area contributed by atoms with Gasteiger partial charge in [-0.2, -0.15) is 0 Å². The van der Waals surface area contributed by atoms with Gasteiger partial charge >= 0.3 is 0 Å². The lowest BCUT2D eigenvalue weighted by Gasteiger charge is -2.18. The third-order valence-corrected chi connectivity index (χ3v) is 8.39. The summed E-state index contributed by atoms with van der Waals surface area (Å²) in [5, 5.41) is 12.9. The predicted octanol–water partition coefficient (Wildman–Crippen LogP) is 5.16. The van der Waals surface area contributed by atoms with E-state index < -0.39 is 5.91 Å². The molecule has 36 heavy (non-hydrogen) atoms. The topological polar surface area (TPSA) is 112 Å². The summed E-state index contributed by atoms with van der Waals surface area (Å²) in [7, 11) is 0. The van der Waals surface area contributed by atoms with Gasteiger partial charge in [0.2, 0.25) is 5.91 Å². The van der Waals surface area contributed by atoms with Gasteiger partial charge in [0, 0.05) is 17.0 Å². The molecule has 0 radical (unpaired) electrons. The molecule has 1 aliphatic rings. The zero-order valence-electron chi connectivity index (χ0n) is 21.0. The van der Waals surface area contributed by atoms with Crippen LogP contribution in [0.25, 0.3) is 11.4 Å². The lowest BCUT2D eigenvalue weighted by atomic mass is 9.88. The Morgan fingerprint density at radius 2 is 2.03 bits per heavy atom. The molecular weight excluding hydrogens is 494 g/mol. The van der Waals surface area contributed by atoms with Crippen LogP contribution in [0.4, 0.5) is 5.00 Å². The van der Waals surface area contributed by atoms with Gasteiger partial charge in [0.05, 0.1) is 17.9 Å². The number of nitrogens with two attached hydrogens (primary N) is 1. The second kappa shape index (κ2) is 11.9. The SMILES string of the molecule is CCCCOc1ccc(-c2nnc(SCC(=O)Nc3sc4c(c3C(N)=O)CCC(C)C4)n2CC)cc1. The van der Waals surface area contributed by atoms with Crippen molar-refractivity contribution in [3.8, 4) is 17.1 Å². The van der Waals surface area contributed by atoms with Crippen LogP contribution in [0.15, 0.2) is 29.4 Å². The van der Waals surface area contributed by atoms with Crippen molar-refractivity contribution in [1.82, 2.24) is 14.8 Å². The number of primary amides is 1. The Balaban J connectivity index is 1.42. The maximum atomic E-state index is 12.8. The molecule has 192 valence electrons. The number of thioether (sulfide) groups is 1. The highest BCUT2D eigenvalue weighted by Crippen LogP contribution is 2.39. The van der Waals surface area contributed by atoms with Crippen molar-refractivity contribution in [3.63, 3.8) is 0 Å². The highest BCUT2D eigenvalue weighted by atomic mass is 32.2. The Morgan fingerprint density at radius 1 is 1.25 bits per heavy atom. The molecule has 8 nitrogen and oxygen atoms in total. The van der Waals surface area contributed by atoms with Crippen LogP contribution in [0.3, 0.4) is 0 Å². The fourth-order valence-corrected chi connectivity index (χ4v) is 6.56. The average Bonchev–Trinajstić information content (AvgIpc) is 3.43.